The minimum atomic E-state index is -0.912. The zero-order valence-electron chi connectivity index (χ0n) is 18.4. The van der Waals surface area contributed by atoms with E-state index in [0.717, 1.165) is 32.8 Å². The Morgan fingerprint density at radius 2 is 1.75 bits per heavy atom. The van der Waals surface area contributed by atoms with Crippen molar-refractivity contribution in [1.29, 1.82) is 0 Å². The third-order valence-electron chi connectivity index (χ3n) is 4.96. The van der Waals surface area contributed by atoms with Gasteiger partial charge in [-0.15, -0.1) is 0 Å². The molecule has 2 heterocycles. The zero-order valence-corrected chi connectivity index (χ0v) is 19.2. The van der Waals surface area contributed by atoms with Gasteiger partial charge in [-0.05, 0) is 68.5 Å². The van der Waals surface area contributed by atoms with Gasteiger partial charge in [-0.3, -0.25) is 9.82 Å². The lowest BCUT2D eigenvalue weighted by Gasteiger charge is -2.18. The molecule has 0 saturated heterocycles. The van der Waals surface area contributed by atoms with Crippen molar-refractivity contribution in [2.75, 3.05) is 4.72 Å². The van der Waals surface area contributed by atoms with Crippen molar-refractivity contribution in [1.82, 2.24) is 20.2 Å². The van der Waals surface area contributed by atoms with Crippen LogP contribution in [0.3, 0.4) is 0 Å². The Morgan fingerprint density at radius 3 is 2.38 bits per heavy atom. The van der Waals surface area contributed by atoms with Gasteiger partial charge in [-0.2, -0.15) is 10.1 Å². The average molecular weight is 448 g/mol. The van der Waals surface area contributed by atoms with Crippen molar-refractivity contribution in [3.63, 3.8) is 0 Å². The largest absolute Gasteiger partial charge is 0.439 e. The summed E-state index contributed by atoms with van der Waals surface area (Å²) in [4.78, 5) is 10.2. The summed E-state index contributed by atoms with van der Waals surface area (Å²) >= 11 is 1.36. The number of hydrogen-bond acceptors (Lipinski definition) is 7. The maximum Gasteiger partial charge on any atom is 0.237 e. The monoisotopic (exact) mass is 447 g/mol. The predicted octanol–water partition coefficient (Wildman–Crippen LogP) is 5.62. The molecular formula is C24H25N5O2S. The second-order valence-electron chi connectivity index (χ2n) is 8.01. The van der Waals surface area contributed by atoms with Crippen LogP contribution in [0, 0.1) is 13.8 Å². The Labute approximate surface area is 191 Å². The molecule has 7 nitrogen and oxygen atoms in total. The molecule has 2 aromatic heterocycles. The van der Waals surface area contributed by atoms with E-state index in [1.807, 2.05) is 36.4 Å². The van der Waals surface area contributed by atoms with Gasteiger partial charge in [-0.1, -0.05) is 30.3 Å². The summed E-state index contributed by atoms with van der Waals surface area (Å²) < 4.78 is 9.24. The molecule has 0 aliphatic carbocycles. The van der Waals surface area contributed by atoms with Crippen molar-refractivity contribution in [3.05, 3.63) is 77.6 Å². The van der Waals surface area contributed by atoms with E-state index in [4.69, 9.17) is 9.72 Å². The van der Waals surface area contributed by atoms with Gasteiger partial charge in [-0.25, -0.2) is 4.98 Å². The lowest BCUT2D eigenvalue weighted by molar-refractivity contribution is 0.0785. The average Bonchev–Trinajstić information content (AvgIpc) is 3.26. The molecule has 0 aliphatic heterocycles. The van der Waals surface area contributed by atoms with Crippen LogP contribution in [0.4, 0.5) is 5.95 Å². The summed E-state index contributed by atoms with van der Waals surface area (Å²) in [6, 6.07) is 15.3. The number of aryl methyl sites for hydroxylation is 2. The number of benzene rings is 2. The predicted molar refractivity (Wildman–Crippen MR) is 127 cm³/mol. The van der Waals surface area contributed by atoms with Crippen molar-refractivity contribution in [2.45, 2.75) is 38.2 Å². The van der Waals surface area contributed by atoms with E-state index >= 15 is 0 Å². The number of anilines is 1. The van der Waals surface area contributed by atoms with Crippen LogP contribution >= 0.6 is 11.9 Å². The third kappa shape index (κ3) is 5.09. The van der Waals surface area contributed by atoms with Gasteiger partial charge in [0.25, 0.3) is 0 Å². The Kier molecular flexibility index (Phi) is 6.16. The maximum absolute atomic E-state index is 10.2. The van der Waals surface area contributed by atoms with E-state index in [1.165, 1.54) is 11.9 Å². The zero-order chi connectivity index (χ0) is 22.7. The molecule has 0 fully saturated rings. The summed E-state index contributed by atoms with van der Waals surface area (Å²) in [5.41, 5.74) is 3.96. The molecule has 3 N–H and O–H groups in total. The quantitative estimate of drug-likeness (QED) is 0.316. The molecule has 0 aliphatic rings. The molecule has 0 saturated carbocycles. The van der Waals surface area contributed by atoms with Crippen LogP contribution in [-0.4, -0.2) is 25.3 Å². The first-order chi connectivity index (χ1) is 15.3. The molecule has 0 amide bonds. The Bertz CT molecular complexity index is 1180. The van der Waals surface area contributed by atoms with Crippen LogP contribution in [0.15, 0.2) is 65.8 Å². The summed E-state index contributed by atoms with van der Waals surface area (Å²) in [6.45, 7) is 7.63. The smallest absolute Gasteiger partial charge is 0.237 e. The highest BCUT2D eigenvalue weighted by Crippen LogP contribution is 2.32. The molecule has 4 rings (SSSR count). The van der Waals surface area contributed by atoms with Gasteiger partial charge in [0.15, 0.2) is 0 Å². The van der Waals surface area contributed by atoms with E-state index in [9.17, 15) is 5.11 Å². The lowest BCUT2D eigenvalue weighted by atomic mass is 9.99. The molecule has 32 heavy (non-hydrogen) atoms. The summed E-state index contributed by atoms with van der Waals surface area (Å²) in [5.74, 6) is 1.47. The van der Waals surface area contributed by atoms with Crippen LogP contribution in [-0.2, 0) is 5.60 Å². The van der Waals surface area contributed by atoms with Crippen molar-refractivity contribution < 1.29 is 9.84 Å². The molecule has 0 unspecified atom stereocenters. The second-order valence-corrected chi connectivity index (χ2v) is 8.89. The molecule has 4 aromatic rings. The molecule has 0 bridgehead atoms. The van der Waals surface area contributed by atoms with Crippen LogP contribution < -0.4 is 9.46 Å². The number of ether oxygens (including phenoxy) is 1. The summed E-state index contributed by atoms with van der Waals surface area (Å²) in [5, 5.41) is 16.9. The van der Waals surface area contributed by atoms with Gasteiger partial charge in [0, 0.05) is 17.8 Å². The van der Waals surface area contributed by atoms with Crippen LogP contribution in [0.2, 0.25) is 0 Å². The summed E-state index contributed by atoms with van der Waals surface area (Å²) in [7, 11) is 0. The van der Waals surface area contributed by atoms with Crippen molar-refractivity contribution >= 4 is 17.9 Å². The SMILES string of the molecule is Cc1cccc(C)c1-c1cc(Oc2ccc(C(C)(C)O)cc2)nc(NSc2cn[nH]c2)n1. The lowest BCUT2D eigenvalue weighted by Crippen LogP contribution is -2.14. The number of aromatic nitrogens is 4. The number of nitrogens with zero attached hydrogens (tertiary/aromatic N) is 3. The van der Waals surface area contributed by atoms with Gasteiger partial charge in [0.2, 0.25) is 11.8 Å². The first-order valence-electron chi connectivity index (χ1n) is 10.2. The Balaban J connectivity index is 1.68. The first-order valence-corrected chi connectivity index (χ1v) is 11.0. The molecule has 2 aromatic carbocycles. The van der Waals surface area contributed by atoms with E-state index in [0.29, 0.717) is 17.6 Å². The number of hydrogen-bond donors (Lipinski definition) is 3. The standard InChI is InChI=1S/C24H25N5O2S/c1-15-6-5-7-16(2)22(15)20-12-21(28-23(27-20)29-32-19-13-25-26-14-19)31-18-10-8-17(9-11-18)24(3,4)30/h5-14,30H,1-4H3,(H,25,26)(H,27,28,29). The maximum atomic E-state index is 10.2. The second kappa shape index (κ2) is 9.02. The fraction of sp³-hybridized carbons (Fsp3) is 0.208. The molecule has 0 spiro atoms. The number of H-pyrrole nitrogens is 1. The fourth-order valence-electron chi connectivity index (χ4n) is 3.32. The first kappa shape index (κ1) is 21.9. The van der Waals surface area contributed by atoms with Gasteiger partial charge in [0.05, 0.1) is 22.4 Å². The van der Waals surface area contributed by atoms with E-state index in [2.05, 4.69) is 45.9 Å². The van der Waals surface area contributed by atoms with Gasteiger partial charge >= 0.3 is 0 Å². The Hall–Kier alpha value is -3.36. The molecule has 0 atom stereocenters. The molecular weight excluding hydrogens is 422 g/mol. The number of aromatic amines is 1. The molecule has 0 radical (unpaired) electrons. The van der Waals surface area contributed by atoms with Crippen molar-refractivity contribution in [3.8, 4) is 22.9 Å². The van der Waals surface area contributed by atoms with Crippen LogP contribution in [0.25, 0.3) is 11.3 Å². The molecule has 164 valence electrons. The Morgan fingerprint density at radius 1 is 1.03 bits per heavy atom. The van der Waals surface area contributed by atoms with Crippen molar-refractivity contribution in [2.24, 2.45) is 0 Å². The minimum Gasteiger partial charge on any atom is -0.439 e. The van der Waals surface area contributed by atoms with Gasteiger partial charge in [0.1, 0.15) is 5.75 Å². The van der Waals surface area contributed by atoms with E-state index in [1.54, 1.807) is 26.2 Å². The summed E-state index contributed by atoms with van der Waals surface area (Å²) in [6.07, 6.45) is 3.50. The highest BCUT2D eigenvalue weighted by Gasteiger charge is 2.16. The van der Waals surface area contributed by atoms with Crippen LogP contribution in [0.5, 0.6) is 11.6 Å². The third-order valence-corrected chi connectivity index (χ3v) is 5.70. The van der Waals surface area contributed by atoms with Gasteiger partial charge < -0.3 is 9.84 Å². The number of aliphatic hydroxyl groups is 1. The highest BCUT2D eigenvalue weighted by atomic mass is 32.2. The van der Waals surface area contributed by atoms with E-state index < -0.39 is 5.60 Å². The molecule has 8 heteroatoms. The number of rotatable bonds is 7. The highest BCUT2D eigenvalue weighted by molar-refractivity contribution is 8.00. The fourth-order valence-corrected chi connectivity index (χ4v) is 3.84. The normalized spacial score (nSPS) is 11.4. The minimum absolute atomic E-state index is 0.420. The van der Waals surface area contributed by atoms with E-state index in [-0.39, 0.29) is 0 Å². The number of nitrogens with one attached hydrogen (secondary N) is 2. The topological polar surface area (TPSA) is 96.0 Å². The van der Waals surface area contributed by atoms with Crippen LogP contribution in [0.1, 0.15) is 30.5 Å².